The summed E-state index contributed by atoms with van der Waals surface area (Å²) < 4.78 is 2.01. The molecule has 6 nitrogen and oxygen atoms in total. The molecule has 1 aromatic carbocycles. The van der Waals surface area contributed by atoms with Gasteiger partial charge in [-0.3, -0.25) is 14.3 Å². The number of amides is 1. The lowest BCUT2D eigenvalue weighted by Crippen LogP contribution is -2.24. The Bertz CT molecular complexity index is 1070. The molecular weight excluding hydrogens is 338 g/mol. The van der Waals surface area contributed by atoms with E-state index in [0.717, 1.165) is 33.9 Å². The molecule has 1 N–H and O–H groups in total. The Morgan fingerprint density at radius 1 is 1.00 bits per heavy atom. The van der Waals surface area contributed by atoms with Gasteiger partial charge in [0.25, 0.3) is 0 Å². The third kappa shape index (κ3) is 3.69. The van der Waals surface area contributed by atoms with E-state index >= 15 is 0 Å². The zero-order valence-corrected chi connectivity index (χ0v) is 15.0. The number of benzene rings is 1. The van der Waals surface area contributed by atoms with Crippen molar-refractivity contribution in [2.45, 2.75) is 19.9 Å². The highest BCUT2D eigenvalue weighted by Gasteiger charge is 2.10. The van der Waals surface area contributed by atoms with Crippen molar-refractivity contribution in [3.63, 3.8) is 0 Å². The van der Waals surface area contributed by atoms with Gasteiger partial charge >= 0.3 is 0 Å². The quantitative estimate of drug-likeness (QED) is 0.596. The molecule has 0 fully saturated rings. The van der Waals surface area contributed by atoms with Crippen molar-refractivity contribution < 1.29 is 4.79 Å². The van der Waals surface area contributed by atoms with E-state index < -0.39 is 0 Å². The monoisotopic (exact) mass is 357 g/mol. The normalized spacial score (nSPS) is 10.9. The van der Waals surface area contributed by atoms with Gasteiger partial charge in [0, 0.05) is 18.1 Å². The van der Waals surface area contributed by atoms with Crippen molar-refractivity contribution >= 4 is 17.1 Å². The van der Waals surface area contributed by atoms with Gasteiger partial charge in [-0.05, 0) is 48.9 Å². The number of aryl methyl sites for hydroxylation is 1. The Balaban J connectivity index is 1.46. The molecule has 0 saturated carbocycles. The molecule has 0 atom stereocenters. The van der Waals surface area contributed by atoms with Crippen LogP contribution in [0, 0.1) is 6.92 Å². The summed E-state index contributed by atoms with van der Waals surface area (Å²) in [7, 11) is 0. The number of imidazole rings is 1. The van der Waals surface area contributed by atoms with Crippen LogP contribution in [0.25, 0.3) is 16.9 Å². The first-order valence-electron chi connectivity index (χ1n) is 8.77. The number of aromatic nitrogens is 4. The number of carbonyl (C=O) groups is 1. The zero-order valence-electron chi connectivity index (χ0n) is 15.0. The first kappa shape index (κ1) is 16.9. The molecule has 0 aliphatic heterocycles. The summed E-state index contributed by atoms with van der Waals surface area (Å²) in [6, 6.07) is 17.4. The largest absolute Gasteiger partial charge is 0.350 e. The predicted molar refractivity (Wildman–Crippen MR) is 103 cm³/mol. The summed E-state index contributed by atoms with van der Waals surface area (Å²) >= 11 is 0. The topological polar surface area (TPSA) is 72.7 Å². The van der Waals surface area contributed by atoms with Gasteiger partial charge < -0.3 is 5.32 Å². The molecule has 0 aliphatic rings. The SMILES string of the molecule is Cc1nc2cccnc2n1-c1ccc(CC(=O)NCc2ccccn2)cc1. The summed E-state index contributed by atoms with van der Waals surface area (Å²) in [5.41, 5.74) is 4.47. The van der Waals surface area contributed by atoms with Gasteiger partial charge in [-0.2, -0.15) is 0 Å². The second kappa shape index (κ2) is 7.37. The highest BCUT2D eigenvalue weighted by atomic mass is 16.1. The van der Waals surface area contributed by atoms with E-state index in [-0.39, 0.29) is 5.91 Å². The van der Waals surface area contributed by atoms with Gasteiger partial charge in [0.2, 0.25) is 5.91 Å². The Morgan fingerprint density at radius 3 is 2.59 bits per heavy atom. The number of hydrogen-bond donors (Lipinski definition) is 1. The maximum absolute atomic E-state index is 12.2. The number of nitrogens with one attached hydrogen (secondary N) is 1. The minimum atomic E-state index is -0.0284. The molecular formula is C21H19N5O. The lowest BCUT2D eigenvalue weighted by molar-refractivity contribution is -0.120. The molecule has 4 aromatic rings. The van der Waals surface area contributed by atoms with Crippen LogP contribution in [0.5, 0.6) is 0 Å². The van der Waals surface area contributed by atoms with E-state index in [2.05, 4.69) is 20.3 Å². The summed E-state index contributed by atoms with van der Waals surface area (Å²) in [5, 5.41) is 2.90. The van der Waals surface area contributed by atoms with E-state index in [1.165, 1.54) is 0 Å². The third-order valence-electron chi connectivity index (χ3n) is 4.34. The van der Waals surface area contributed by atoms with Gasteiger partial charge in [-0.15, -0.1) is 0 Å². The molecule has 0 unspecified atom stereocenters. The van der Waals surface area contributed by atoms with Crippen LogP contribution in [0.3, 0.4) is 0 Å². The van der Waals surface area contributed by atoms with Crippen molar-refractivity contribution in [2.24, 2.45) is 0 Å². The fourth-order valence-electron chi connectivity index (χ4n) is 3.04. The molecule has 27 heavy (non-hydrogen) atoms. The molecule has 1 amide bonds. The van der Waals surface area contributed by atoms with E-state index in [9.17, 15) is 4.79 Å². The van der Waals surface area contributed by atoms with Gasteiger partial charge in [0.1, 0.15) is 11.3 Å². The maximum Gasteiger partial charge on any atom is 0.224 e. The highest BCUT2D eigenvalue weighted by molar-refractivity contribution is 5.78. The number of rotatable bonds is 5. The smallest absolute Gasteiger partial charge is 0.224 e. The van der Waals surface area contributed by atoms with Crippen molar-refractivity contribution in [1.29, 1.82) is 0 Å². The van der Waals surface area contributed by atoms with Crippen LogP contribution in [-0.4, -0.2) is 25.4 Å². The number of carbonyl (C=O) groups excluding carboxylic acids is 1. The van der Waals surface area contributed by atoms with Crippen LogP contribution in [0.2, 0.25) is 0 Å². The Morgan fingerprint density at radius 2 is 1.81 bits per heavy atom. The average molecular weight is 357 g/mol. The zero-order chi connectivity index (χ0) is 18.6. The van der Waals surface area contributed by atoms with Gasteiger partial charge in [-0.1, -0.05) is 18.2 Å². The number of nitrogens with zero attached hydrogens (tertiary/aromatic N) is 4. The minimum absolute atomic E-state index is 0.0284. The van der Waals surface area contributed by atoms with Gasteiger partial charge in [0.15, 0.2) is 5.65 Å². The van der Waals surface area contributed by atoms with Crippen LogP contribution in [0.15, 0.2) is 67.0 Å². The number of fused-ring (bicyclic) bond motifs is 1. The Labute approximate surface area is 156 Å². The molecule has 0 saturated heterocycles. The second-order valence-electron chi connectivity index (χ2n) is 6.28. The standard InChI is InChI=1S/C21H19N5O/c1-15-25-19-6-4-12-23-21(19)26(15)18-9-7-16(8-10-18)13-20(27)24-14-17-5-2-3-11-22-17/h2-12H,13-14H2,1H3,(H,24,27). The van der Waals surface area contributed by atoms with E-state index in [0.29, 0.717) is 13.0 Å². The fourth-order valence-corrected chi connectivity index (χ4v) is 3.04. The lowest BCUT2D eigenvalue weighted by atomic mass is 10.1. The van der Waals surface area contributed by atoms with Gasteiger partial charge in [0.05, 0.1) is 18.7 Å². The van der Waals surface area contributed by atoms with Crippen molar-refractivity contribution in [3.8, 4) is 5.69 Å². The molecule has 134 valence electrons. The fraction of sp³-hybridized carbons (Fsp3) is 0.143. The summed E-state index contributed by atoms with van der Waals surface area (Å²) in [5.74, 6) is 0.851. The average Bonchev–Trinajstić information content (AvgIpc) is 3.04. The second-order valence-corrected chi connectivity index (χ2v) is 6.28. The van der Waals surface area contributed by atoms with Crippen LogP contribution in [-0.2, 0) is 17.8 Å². The Hall–Kier alpha value is -3.54. The van der Waals surface area contributed by atoms with Crippen LogP contribution in [0.1, 0.15) is 17.1 Å². The van der Waals surface area contributed by atoms with Crippen molar-refractivity contribution in [1.82, 2.24) is 24.8 Å². The van der Waals surface area contributed by atoms with E-state index in [1.54, 1.807) is 12.4 Å². The van der Waals surface area contributed by atoms with Gasteiger partial charge in [-0.25, -0.2) is 9.97 Å². The molecule has 0 aliphatic carbocycles. The third-order valence-corrected chi connectivity index (χ3v) is 4.34. The highest BCUT2D eigenvalue weighted by Crippen LogP contribution is 2.19. The first-order chi connectivity index (χ1) is 13.2. The molecule has 3 heterocycles. The number of hydrogen-bond acceptors (Lipinski definition) is 4. The molecule has 0 spiro atoms. The van der Waals surface area contributed by atoms with Crippen LogP contribution < -0.4 is 5.32 Å². The molecule has 0 radical (unpaired) electrons. The predicted octanol–water partition coefficient (Wildman–Crippen LogP) is 2.98. The van der Waals surface area contributed by atoms with E-state index in [1.807, 2.05) is 66.1 Å². The molecule has 3 aromatic heterocycles. The molecule has 6 heteroatoms. The number of pyridine rings is 2. The van der Waals surface area contributed by atoms with E-state index in [4.69, 9.17) is 0 Å². The Kier molecular flexibility index (Phi) is 4.61. The summed E-state index contributed by atoms with van der Waals surface area (Å²) in [6.45, 7) is 2.39. The van der Waals surface area contributed by atoms with Crippen LogP contribution in [0.4, 0.5) is 0 Å². The first-order valence-corrected chi connectivity index (χ1v) is 8.77. The minimum Gasteiger partial charge on any atom is -0.350 e. The molecule has 4 rings (SSSR count). The van der Waals surface area contributed by atoms with Crippen molar-refractivity contribution in [2.75, 3.05) is 0 Å². The summed E-state index contributed by atoms with van der Waals surface area (Å²) in [6.07, 6.45) is 3.81. The lowest BCUT2D eigenvalue weighted by Gasteiger charge is -2.08. The summed E-state index contributed by atoms with van der Waals surface area (Å²) in [4.78, 5) is 25.3. The molecule has 0 bridgehead atoms. The maximum atomic E-state index is 12.2. The van der Waals surface area contributed by atoms with Crippen LogP contribution >= 0.6 is 0 Å². The van der Waals surface area contributed by atoms with Crippen molar-refractivity contribution in [3.05, 3.63) is 84.1 Å².